The largest absolute Gasteiger partial charge is 0.462 e. The molecular weight excluding hydrogens is 326 g/mol. The minimum Gasteiger partial charge on any atom is -0.462 e. The third-order valence-corrected chi connectivity index (χ3v) is 4.46. The average Bonchev–Trinajstić information content (AvgIpc) is 3.16. The monoisotopic (exact) mass is 343 g/mol. The number of nitrogens with two attached hydrogens (primary N) is 1. The van der Waals surface area contributed by atoms with Crippen LogP contribution in [-0.4, -0.2) is 29.6 Å². The lowest BCUT2D eigenvalue weighted by Crippen LogP contribution is -2.56. The molecule has 22 heavy (non-hydrogen) atoms. The molecule has 3 heterocycles. The van der Waals surface area contributed by atoms with Crippen molar-refractivity contribution in [3.63, 3.8) is 0 Å². The molecule has 0 spiro atoms. The fraction of sp³-hybridized carbons (Fsp3) is 0.429. The van der Waals surface area contributed by atoms with Gasteiger partial charge in [-0.25, -0.2) is 4.98 Å². The highest BCUT2D eigenvalue weighted by Gasteiger charge is 2.35. The van der Waals surface area contributed by atoms with E-state index in [1.54, 1.807) is 6.26 Å². The van der Waals surface area contributed by atoms with Crippen molar-refractivity contribution < 1.29 is 13.9 Å². The zero-order valence-corrected chi connectivity index (χ0v) is 13.5. The topological polar surface area (TPSA) is 90.4 Å². The first-order valence-electron chi connectivity index (χ1n) is 6.81. The van der Waals surface area contributed by atoms with Gasteiger partial charge in [-0.3, -0.25) is 4.79 Å². The summed E-state index contributed by atoms with van der Waals surface area (Å²) in [4.78, 5) is 16.6. The lowest BCUT2D eigenvalue weighted by atomic mass is 9.90. The number of nitrogens with one attached hydrogen (secondary N) is 1. The van der Waals surface area contributed by atoms with Gasteiger partial charge in [0.25, 0.3) is 0 Å². The third kappa shape index (κ3) is 3.67. The molecule has 3 rings (SSSR count). The van der Waals surface area contributed by atoms with Crippen LogP contribution in [0.3, 0.4) is 0 Å². The lowest BCUT2D eigenvalue weighted by Gasteiger charge is -2.31. The Labute approximate surface area is 138 Å². The zero-order valence-electron chi connectivity index (χ0n) is 11.9. The van der Waals surface area contributed by atoms with Crippen LogP contribution >= 0.6 is 23.7 Å². The first kappa shape index (κ1) is 17.0. The molecule has 1 aliphatic rings. The van der Waals surface area contributed by atoms with Gasteiger partial charge in [0.1, 0.15) is 0 Å². The number of hydrogen-bond donors (Lipinski definition) is 2. The molecule has 0 aliphatic carbocycles. The Morgan fingerprint density at radius 3 is 2.91 bits per heavy atom. The number of rotatable bonds is 4. The number of aromatic nitrogens is 1. The number of carbonyl (C=O) groups excluding carboxylic acids is 1. The summed E-state index contributed by atoms with van der Waals surface area (Å²) in [5.41, 5.74) is 6.10. The number of thiazole rings is 1. The van der Waals surface area contributed by atoms with Gasteiger partial charge in [-0.1, -0.05) is 0 Å². The Balaban J connectivity index is 0.00000176. The van der Waals surface area contributed by atoms with Crippen LogP contribution in [0.25, 0.3) is 10.8 Å². The summed E-state index contributed by atoms with van der Waals surface area (Å²) in [7, 11) is 0. The van der Waals surface area contributed by atoms with E-state index in [1.807, 2.05) is 17.5 Å². The highest BCUT2D eigenvalue weighted by atomic mass is 35.5. The molecule has 1 fully saturated rings. The zero-order chi connectivity index (χ0) is 14.7. The summed E-state index contributed by atoms with van der Waals surface area (Å²) in [6.45, 7) is 1.43. The SMILES string of the molecule is Cl.NC1(C(=O)NCc2csc(-c3ccco3)n2)CCOCC1. The fourth-order valence-electron chi connectivity index (χ4n) is 2.21. The molecule has 0 aromatic carbocycles. The van der Waals surface area contributed by atoms with E-state index in [9.17, 15) is 4.79 Å². The summed E-state index contributed by atoms with van der Waals surface area (Å²) >= 11 is 1.49. The normalized spacial score (nSPS) is 16.8. The number of furan rings is 1. The van der Waals surface area contributed by atoms with Crippen LogP contribution in [0, 0.1) is 0 Å². The third-order valence-electron chi connectivity index (χ3n) is 3.55. The maximum Gasteiger partial charge on any atom is 0.240 e. The van der Waals surface area contributed by atoms with E-state index in [0.29, 0.717) is 32.6 Å². The summed E-state index contributed by atoms with van der Waals surface area (Å²) in [6, 6.07) is 3.68. The van der Waals surface area contributed by atoms with Gasteiger partial charge in [-0.05, 0) is 25.0 Å². The van der Waals surface area contributed by atoms with E-state index >= 15 is 0 Å². The van der Waals surface area contributed by atoms with E-state index in [-0.39, 0.29) is 18.3 Å². The number of nitrogens with zero attached hydrogens (tertiary/aromatic N) is 1. The van der Waals surface area contributed by atoms with Gasteiger partial charge in [0.15, 0.2) is 10.8 Å². The molecule has 1 saturated heterocycles. The Bertz CT molecular complexity index is 609. The van der Waals surface area contributed by atoms with Crippen LogP contribution in [-0.2, 0) is 16.1 Å². The van der Waals surface area contributed by atoms with Gasteiger partial charge in [-0.15, -0.1) is 23.7 Å². The molecule has 8 heteroatoms. The summed E-state index contributed by atoms with van der Waals surface area (Å²) in [5, 5.41) is 5.57. The first-order chi connectivity index (χ1) is 10.2. The van der Waals surface area contributed by atoms with Crippen molar-refractivity contribution in [3.05, 3.63) is 29.5 Å². The fourth-order valence-corrected chi connectivity index (χ4v) is 3.00. The predicted octanol–water partition coefficient (Wildman–Crippen LogP) is 1.95. The standard InChI is InChI=1S/C14H17N3O3S.ClH/c15-14(3-6-19-7-4-14)13(18)16-8-10-9-21-12(17-10)11-2-1-5-20-11;/h1-2,5,9H,3-4,6-8,15H2,(H,16,18);1H. The predicted molar refractivity (Wildman–Crippen MR) is 85.9 cm³/mol. The smallest absolute Gasteiger partial charge is 0.240 e. The molecule has 2 aromatic heterocycles. The Morgan fingerprint density at radius 1 is 1.45 bits per heavy atom. The van der Waals surface area contributed by atoms with Gasteiger partial charge >= 0.3 is 0 Å². The van der Waals surface area contributed by atoms with Crippen molar-refractivity contribution in [2.24, 2.45) is 5.73 Å². The van der Waals surface area contributed by atoms with Crippen LogP contribution in [0.15, 0.2) is 28.2 Å². The van der Waals surface area contributed by atoms with Crippen molar-refractivity contribution in [1.82, 2.24) is 10.3 Å². The molecule has 0 atom stereocenters. The molecule has 3 N–H and O–H groups in total. The van der Waals surface area contributed by atoms with Crippen LogP contribution in [0.2, 0.25) is 0 Å². The maximum absolute atomic E-state index is 12.2. The van der Waals surface area contributed by atoms with Crippen molar-refractivity contribution in [2.45, 2.75) is 24.9 Å². The second kappa shape index (κ2) is 7.23. The van der Waals surface area contributed by atoms with Gasteiger partial charge < -0.3 is 20.2 Å². The quantitative estimate of drug-likeness (QED) is 0.885. The van der Waals surface area contributed by atoms with E-state index in [2.05, 4.69) is 10.3 Å². The van der Waals surface area contributed by atoms with Gasteiger partial charge in [0, 0.05) is 18.6 Å². The summed E-state index contributed by atoms with van der Waals surface area (Å²) in [6.07, 6.45) is 2.71. The van der Waals surface area contributed by atoms with Crippen molar-refractivity contribution in [1.29, 1.82) is 0 Å². The number of carbonyl (C=O) groups is 1. The minimum atomic E-state index is -0.821. The van der Waals surface area contributed by atoms with Gasteiger partial charge in [-0.2, -0.15) is 0 Å². The van der Waals surface area contributed by atoms with Crippen LogP contribution in [0.5, 0.6) is 0 Å². The summed E-state index contributed by atoms with van der Waals surface area (Å²) < 4.78 is 10.5. The molecule has 0 unspecified atom stereocenters. The van der Waals surface area contributed by atoms with Crippen LogP contribution in [0.4, 0.5) is 0 Å². The van der Waals surface area contributed by atoms with Crippen LogP contribution in [0.1, 0.15) is 18.5 Å². The van der Waals surface area contributed by atoms with Crippen LogP contribution < -0.4 is 11.1 Å². The van der Waals surface area contributed by atoms with Gasteiger partial charge in [0.2, 0.25) is 5.91 Å². The highest BCUT2D eigenvalue weighted by molar-refractivity contribution is 7.13. The molecule has 0 bridgehead atoms. The first-order valence-corrected chi connectivity index (χ1v) is 7.68. The minimum absolute atomic E-state index is 0. The van der Waals surface area contributed by atoms with Crippen molar-refractivity contribution >= 4 is 29.7 Å². The Kier molecular flexibility index (Phi) is 5.57. The number of ether oxygens (including phenoxy) is 1. The van der Waals surface area contributed by atoms with E-state index in [4.69, 9.17) is 14.9 Å². The second-order valence-electron chi connectivity index (χ2n) is 5.07. The van der Waals surface area contributed by atoms with E-state index in [0.717, 1.165) is 16.5 Å². The van der Waals surface area contributed by atoms with Crippen molar-refractivity contribution in [3.8, 4) is 10.8 Å². The van der Waals surface area contributed by atoms with Crippen molar-refractivity contribution in [2.75, 3.05) is 13.2 Å². The number of halogens is 1. The molecule has 2 aromatic rings. The highest BCUT2D eigenvalue weighted by Crippen LogP contribution is 2.24. The maximum atomic E-state index is 12.2. The summed E-state index contributed by atoms with van der Waals surface area (Å²) in [5.74, 6) is 0.593. The molecule has 120 valence electrons. The Morgan fingerprint density at radius 2 is 2.23 bits per heavy atom. The van der Waals surface area contributed by atoms with E-state index in [1.165, 1.54) is 11.3 Å². The molecule has 1 aliphatic heterocycles. The molecule has 1 amide bonds. The van der Waals surface area contributed by atoms with Gasteiger partial charge in [0.05, 0.1) is 24.0 Å². The number of amides is 1. The molecule has 0 saturated carbocycles. The molecular formula is C14H18ClN3O3S. The number of hydrogen-bond acceptors (Lipinski definition) is 6. The lowest BCUT2D eigenvalue weighted by molar-refractivity contribution is -0.129. The average molecular weight is 344 g/mol. The Hall–Kier alpha value is -1.41. The van der Waals surface area contributed by atoms with E-state index < -0.39 is 5.54 Å². The molecule has 6 nitrogen and oxygen atoms in total. The molecule has 0 radical (unpaired) electrons. The second-order valence-corrected chi connectivity index (χ2v) is 5.93.